The van der Waals surface area contributed by atoms with Crippen LogP contribution >= 0.6 is 0 Å². The highest BCUT2D eigenvalue weighted by Gasteiger charge is 2.23. The Balaban J connectivity index is 1.62. The number of rotatable bonds is 10. The molecule has 0 spiro atoms. The zero-order valence-corrected chi connectivity index (χ0v) is 18.7. The van der Waals surface area contributed by atoms with Crippen LogP contribution < -0.4 is 14.8 Å². The largest absolute Gasteiger partial charge is 0.493 e. The lowest BCUT2D eigenvalue weighted by Crippen LogP contribution is -2.43. The average Bonchev–Trinajstić information content (AvgIpc) is 2.87. The molecule has 0 aliphatic heterocycles. The summed E-state index contributed by atoms with van der Waals surface area (Å²) in [6.07, 6.45) is -0.508. The predicted octanol–water partition coefficient (Wildman–Crippen LogP) is 4.28. The molecule has 0 aliphatic carbocycles. The molecule has 3 rings (SSSR count). The first-order chi connectivity index (χ1) is 16.1. The molecule has 7 heteroatoms. The van der Waals surface area contributed by atoms with Crippen molar-refractivity contribution in [2.75, 3.05) is 14.2 Å². The highest BCUT2D eigenvalue weighted by molar-refractivity contribution is 5.81. The van der Waals surface area contributed by atoms with E-state index in [-0.39, 0.29) is 13.0 Å². The van der Waals surface area contributed by atoms with Gasteiger partial charge in [0.15, 0.2) is 11.5 Å². The second kappa shape index (κ2) is 12.1. The highest BCUT2D eigenvalue weighted by Crippen LogP contribution is 2.29. The maximum absolute atomic E-state index is 12.3. The van der Waals surface area contributed by atoms with Crippen molar-refractivity contribution in [3.8, 4) is 11.5 Å². The molecule has 0 radical (unpaired) electrons. The minimum Gasteiger partial charge on any atom is -0.493 e. The Morgan fingerprint density at radius 3 is 2.03 bits per heavy atom. The fraction of sp³-hybridized carbons (Fsp3) is 0.231. The Bertz CT molecular complexity index is 1040. The molecule has 1 unspecified atom stereocenters. The van der Waals surface area contributed by atoms with E-state index >= 15 is 0 Å². The van der Waals surface area contributed by atoms with Crippen molar-refractivity contribution >= 4 is 12.1 Å². The minimum atomic E-state index is -0.918. The lowest BCUT2D eigenvalue weighted by molar-refractivity contribution is -0.143. The first-order valence-electron chi connectivity index (χ1n) is 10.5. The molecule has 0 saturated carbocycles. The van der Waals surface area contributed by atoms with Crippen LogP contribution in [-0.4, -0.2) is 32.3 Å². The lowest BCUT2D eigenvalue weighted by atomic mass is 10.1. The molecule has 1 atom stereocenters. The zero-order chi connectivity index (χ0) is 23.5. The average molecular weight is 450 g/mol. The van der Waals surface area contributed by atoms with Crippen molar-refractivity contribution in [2.24, 2.45) is 0 Å². The SMILES string of the molecule is COC(=O)C(Cc1ccc(OCc2ccccc2)c(OC)c1)NC(=O)OCc1ccccc1. The van der Waals surface area contributed by atoms with Gasteiger partial charge >= 0.3 is 12.1 Å². The number of hydrogen-bond donors (Lipinski definition) is 1. The summed E-state index contributed by atoms with van der Waals surface area (Å²) in [7, 11) is 2.82. The third kappa shape index (κ3) is 7.28. The summed E-state index contributed by atoms with van der Waals surface area (Å²) >= 11 is 0. The summed E-state index contributed by atoms with van der Waals surface area (Å²) in [6, 6.07) is 23.5. The van der Waals surface area contributed by atoms with E-state index < -0.39 is 18.1 Å². The lowest BCUT2D eigenvalue weighted by Gasteiger charge is -2.18. The van der Waals surface area contributed by atoms with Gasteiger partial charge in [0.25, 0.3) is 0 Å². The number of benzene rings is 3. The molecule has 3 aromatic rings. The Morgan fingerprint density at radius 1 is 0.788 bits per heavy atom. The van der Waals surface area contributed by atoms with Gasteiger partial charge in [-0.15, -0.1) is 0 Å². The summed E-state index contributed by atoms with van der Waals surface area (Å²) < 4.78 is 21.4. The number of nitrogens with one attached hydrogen (secondary N) is 1. The number of hydrogen-bond acceptors (Lipinski definition) is 6. The van der Waals surface area contributed by atoms with Crippen LogP contribution in [0, 0.1) is 0 Å². The van der Waals surface area contributed by atoms with Gasteiger partial charge in [-0.25, -0.2) is 9.59 Å². The molecule has 33 heavy (non-hydrogen) atoms. The second-order valence-corrected chi connectivity index (χ2v) is 7.25. The minimum absolute atomic E-state index is 0.0990. The topological polar surface area (TPSA) is 83.1 Å². The van der Waals surface area contributed by atoms with Crippen molar-refractivity contribution in [3.63, 3.8) is 0 Å². The number of ether oxygens (including phenoxy) is 4. The Labute approximate surface area is 193 Å². The van der Waals surface area contributed by atoms with E-state index in [1.807, 2.05) is 66.7 Å². The molecular formula is C26H27NO6. The molecule has 172 valence electrons. The van der Waals surface area contributed by atoms with Gasteiger partial charge in [0.2, 0.25) is 0 Å². The molecular weight excluding hydrogens is 422 g/mol. The van der Waals surface area contributed by atoms with Crippen LogP contribution in [0.15, 0.2) is 78.9 Å². The summed E-state index contributed by atoms with van der Waals surface area (Å²) in [5.41, 5.74) is 2.64. The summed E-state index contributed by atoms with van der Waals surface area (Å²) in [5.74, 6) is 0.531. The first kappa shape index (κ1) is 23.7. The van der Waals surface area contributed by atoms with Crippen LogP contribution in [-0.2, 0) is 33.9 Å². The molecule has 0 aliphatic rings. The number of carbonyl (C=O) groups is 2. The molecule has 0 fully saturated rings. The molecule has 3 aromatic carbocycles. The van der Waals surface area contributed by atoms with Gasteiger partial charge in [0.1, 0.15) is 19.3 Å². The third-order valence-corrected chi connectivity index (χ3v) is 4.90. The molecule has 0 saturated heterocycles. The van der Waals surface area contributed by atoms with Crippen LogP contribution in [0.4, 0.5) is 4.79 Å². The maximum Gasteiger partial charge on any atom is 0.408 e. The normalized spacial score (nSPS) is 11.2. The van der Waals surface area contributed by atoms with Crippen LogP contribution in [0.5, 0.6) is 11.5 Å². The standard InChI is InChI=1S/C26H27NO6/c1-30-24-16-21(13-14-23(24)32-17-19-9-5-3-6-10-19)15-22(25(28)31-2)27-26(29)33-18-20-11-7-4-8-12-20/h3-14,16,22H,15,17-18H2,1-2H3,(H,27,29). The van der Waals surface area contributed by atoms with Gasteiger partial charge in [0.05, 0.1) is 14.2 Å². The number of alkyl carbamates (subject to hydrolysis) is 1. The molecule has 0 bridgehead atoms. The highest BCUT2D eigenvalue weighted by atomic mass is 16.6. The summed E-state index contributed by atoms with van der Waals surface area (Å²) in [4.78, 5) is 24.5. The number of esters is 1. The van der Waals surface area contributed by atoms with Crippen molar-refractivity contribution < 1.29 is 28.5 Å². The predicted molar refractivity (Wildman–Crippen MR) is 123 cm³/mol. The van der Waals surface area contributed by atoms with E-state index in [2.05, 4.69) is 5.32 Å². The van der Waals surface area contributed by atoms with Crippen LogP contribution in [0.3, 0.4) is 0 Å². The van der Waals surface area contributed by atoms with Crippen molar-refractivity contribution in [2.45, 2.75) is 25.7 Å². The van der Waals surface area contributed by atoms with E-state index in [9.17, 15) is 9.59 Å². The number of carbonyl (C=O) groups excluding carboxylic acids is 2. The zero-order valence-electron chi connectivity index (χ0n) is 18.7. The molecule has 0 aromatic heterocycles. The van der Waals surface area contributed by atoms with Gasteiger partial charge < -0.3 is 24.3 Å². The molecule has 7 nitrogen and oxygen atoms in total. The van der Waals surface area contributed by atoms with Gasteiger partial charge in [-0.2, -0.15) is 0 Å². The van der Waals surface area contributed by atoms with Gasteiger partial charge in [0, 0.05) is 6.42 Å². The van der Waals surface area contributed by atoms with Gasteiger partial charge in [-0.05, 0) is 28.8 Å². The van der Waals surface area contributed by atoms with Crippen molar-refractivity contribution in [1.82, 2.24) is 5.32 Å². The van der Waals surface area contributed by atoms with Crippen LogP contribution in [0.2, 0.25) is 0 Å². The van der Waals surface area contributed by atoms with E-state index in [1.165, 1.54) is 7.11 Å². The van der Waals surface area contributed by atoms with Crippen molar-refractivity contribution in [1.29, 1.82) is 0 Å². The molecule has 0 heterocycles. The van der Waals surface area contributed by atoms with Gasteiger partial charge in [-0.3, -0.25) is 0 Å². The fourth-order valence-electron chi connectivity index (χ4n) is 3.17. The number of methoxy groups -OCH3 is 2. The summed E-state index contributed by atoms with van der Waals surface area (Å²) in [5, 5.41) is 2.58. The maximum atomic E-state index is 12.3. The van der Waals surface area contributed by atoms with Gasteiger partial charge in [-0.1, -0.05) is 66.7 Å². The Morgan fingerprint density at radius 2 is 1.42 bits per heavy atom. The fourth-order valence-corrected chi connectivity index (χ4v) is 3.17. The monoisotopic (exact) mass is 449 g/mol. The van der Waals surface area contributed by atoms with E-state index in [4.69, 9.17) is 18.9 Å². The molecule has 1 amide bonds. The first-order valence-corrected chi connectivity index (χ1v) is 10.5. The van der Waals surface area contributed by atoms with E-state index in [0.29, 0.717) is 18.1 Å². The van der Waals surface area contributed by atoms with Crippen molar-refractivity contribution in [3.05, 3.63) is 95.6 Å². The molecule has 1 N–H and O–H groups in total. The van der Waals surface area contributed by atoms with E-state index in [0.717, 1.165) is 16.7 Å². The smallest absolute Gasteiger partial charge is 0.408 e. The van der Waals surface area contributed by atoms with Crippen LogP contribution in [0.1, 0.15) is 16.7 Å². The quantitative estimate of drug-likeness (QED) is 0.465. The summed E-state index contributed by atoms with van der Waals surface area (Å²) in [6.45, 7) is 0.498. The second-order valence-electron chi connectivity index (χ2n) is 7.25. The van der Waals surface area contributed by atoms with E-state index in [1.54, 1.807) is 19.2 Å². The third-order valence-electron chi connectivity index (χ3n) is 4.90. The Kier molecular flexibility index (Phi) is 8.71. The van der Waals surface area contributed by atoms with Crippen LogP contribution in [0.25, 0.3) is 0 Å². The Hall–Kier alpha value is -4.00. The number of amides is 1.